The maximum Gasteiger partial charge on any atom is 0.146 e. The Morgan fingerprint density at radius 3 is 2.65 bits per heavy atom. The molecule has 20 heavy (non-hydrogen) atoms. The quantitative estimate of drug-likeness (QED) is 0.788. The molecule has 2 N–H and O–H groups in total. The minimum absolute atomic E-state index is 0.284. The van der Waals surface area contributed by atoms with Gasteiger partial charge in [-0.1, -0.05) is 18.2 Å². The van der Waals surface area contributed by atoms with E-state index in [2.05, 4.69) is 0 Å². The van der Waals surface area contributed by atoms with Crippen molar-refractivity contribution in [1.82, 2.24) is 0 Å². The average Bonchev–Trinajstić information content (AvgIpc) is 2.89. The molecule has 0 amide bonds. The van der Waals surface area contributed by atoms with Crippen LogP contribution in [0.3, 0.4) is 0 Å². The molecule has 0 radical (unpaired) electrons. The highest BCUT2D eigenvalue weighted by atomic mass is 19.1. The van der Waals surface area contributed by atoms with Crippen LogP contribution in [0.1, 0.15) is 11.3 Å². The second-order valence-corrected chi connectivity index (χ2v) is 4.49. The van der Waals surface area contributed by atoms with Crippen LogP contribution in [0.5, 0.6) is 5.75 Å². The van der Waals surface area contributed by atoms with Gasteiger partial charge in [-0.25, -0.2) is 4.39 Å². The molecule has 3 rings (SSSR count). The number of furan rings is 1. The number of benzene rings is 2. The summed E-state index contributed by atoms with van der Waals surface area (Å²) in [5, 5.41) is 1.01. The van der Waals surface area contributed by atoms with Gasteiger partial charge in [0.25, 0.3) is 0 Å². The van der Waals surface area contributed by atoms with Gasteiger partial charge in [-0.2, -0.15) is 0 Å². The van der Waals surface area contributed by atoms with Crippen molar-refractivity contribution >= 4 is 11.0 Å². The van der Waals surface area contributed by atoms with E-state index in [1.54, 1.807) is 12.1 Å². The zero-order valence-corrected chi connectivity index (χ0v) is 10.8. The summed E-state index contributed by atoms with van der Waals surface area (Å²) in [6.45, 7) is 0.730. The van der Waals surface area contributed by atoms with Crippen LogP contribution in [-0.4, -0.2) is 0 Å². The monoisotopic (exact) mass is 271 g/mol. The first-order valence-electron chi connectivity index (χ1n) is 6.35. The van der Waals surface area contributed by atoms with Crippen LogP contribution >= 0.6 is 0 Å². The van der Waals surface area contributed by atoms with Crippen LogP contribution in [0.15, 0.2) is 52.9 Å². The van der Waals surface area contributed by atoms with Gasteiger partial charge in [0.2, 0.25) is 0 Å². The van der Waals surface area contributed by atoms with Crippen LogP contribution < -0.4 is 10.5 Å². The molecule has 3 nitrogen and oxygen atoms in total. The lowest BCUT2D eigenvalue weighted by Gasteiger charge is -2.03. The van der Waals surface area contributed by atoms with Gasteiger partial charge in [0, 0.05) is 17.5 Å². The highest BCUT2D eigenvalue weighted by molar-refractivity contribution is 5.81. The second-order valence-electron chi connectivity index (χ2n) is 4.49. The first-order valence-corrected chi connectivity index (χ1v) is 6.35. The average molecular weight is 271 g/mol. The van der Waals surface area contributed by atoms with Crippen molar-refractivity contribution in [3.05, 3.63) is 65.7 Å². The number of hydrogen-bond acceptors (Lipinski definition) is 3. The SMILES string of the molecule is NCc1cccc2cc(COc3ccc(F)cc3)oc12. The van der Waals surface area contributed by atoms with Crippen LogP contribution in [0.2, 0.25) is 0 Å². The Balaban J connectivity index is 1.79. The van der Waals surface area contributed by atoms with Crippen molar-refractivity contribution in [3.63, 3.8) is 0 Å². The molecular weight excluding hydrogens is 257 g/mol. The van der Waals surface area contributed by atoms with Crippen LogP contribution in [0.4, 0.5) is 4.39 Å². The van der Waals surface area contributed by atoms with Crippen molar-refractivity contribution in [2.75, 3.05) is 0 Å². The Morgan fingerprint density at radius 2 is 1.90 bits per heavy atom. The van der Waals surface area contributed by atoms with Gasteiger partial charge in [-0.3, -0.25) is 0 Å². The fourth-order valence-electron chi connectivity index (χ4n) is 2.09. The Hall–Kier alpha value is -2.33. The molecule has 1 aromatic heterocycles. The molecular formula is C16H14FNO2. The second kappa shape index (κ2) is 5.35. The summed E-state index contributed by atoms with van der Waals surface area (Å²) in [5.74, 6) is 1.03. The van der Waals surface area contributed by atoms with Crippen LogP contribution in [-0.2, 0) is 13.2 Å². The summed E-state index contributed by atoms with van der Waals surface area (Å²) in [6, 6.07) is 13.7. The molecule has 0 aliphatic carbocycles. The van der Waals surface area contributed by atoms with Crippen molar-refractivity contribution in [2.45, 2.75) is 13.2 Å². The highest BCUT2D eigenvalue weighted by Gasteiger charge is 2.07. The molecule has 0 atom stereocenters. The first-order chi connectivity index (χ1) is 9.76. The van der Waals surface area contributed by atoms with E-state index in [0.29, 0.717) is 24.7 Å². The molecule has 0 spiro atoms. The van der Waals surface area contributed by atoms with E-state index in [9.17, 15) is 4.39 Å². The van der Waals surface area contributed by atoms with E-state index in [1.165, 1.54) is 12.1 Å². The number of rotatable bonds is 4. The van der Waals surface area contributed by atoms with Gasteiger partial charge in [-0.05, 0) is 30.3 Å². The van der Waals surface area contributed by atoms with Crippen molar-refractivity contribution < 1.29 is 13.5 Å². The Morgan fingerprint density at radius 1 is 1.10 bits per heavy atom. The number of halogens is 1. The van der Waals surface area contributed by atoms with Crippen molar-refractivity contribution in [2.24, 2.45) is 5.73 Å². The van der Waals surface area contributed by atoms with E-state index in [1.807, 2.05) is 24.3 Å². The van der Waals surface area contributed by atoms with Gasteiger partial charge in [-0.15, -0.1) is 0 Å². The number of fused-ring (bicyclic) bond motifs is 1. The van der Waals surface area contributed by atoms with E-state index >= 15 is 0 Å². The summed E-state index contributed by atoms with van der Waals surface area (Å²) >= 11 is 0. The molecule has 4 heteroatoms. The summed E-state index contributed by atoms with van der Waals surface area (Å²) in [7, 11) is 0. The zero-order valence-electron chi connectivity index (χ0n) is 10.8. The van der Waals surface area contributed by atoms with Crippen LogP contribution in [0, 0.1) is 5.82 Å². The lowest BCUT2D eigenvalue weighted by atomic mass is 10.1. The predicted octanol–water partition coefficient (Wildman–Crippen LogP) is 3.61. The van der Waals surface area contributed by atoms with Crippen molar-refractivity contribution in [1.29, 1.82) is 0 Å². The smallest absolute Gasteiger partial charge is 0.146 e. The molecule has 3 aromatic rings. The molecule has 0 aliphatic heterocycles. The van der Waals surface area contributed by atoms with Gasteiger partial charge in [0.1, 0.15) is 29.5 Å². The summed E-state index contributed by atoms with van der Waals surface area (Å²) in [4.78, 5) is 0. The highest BCUT2D eigenvalue weighted by Crippen LogP contribution is 2.24. The molecule has 102 valence electrons. The molecule has 0 saturated carbocycles. The summed E-state index contributed by atoms with van der Waals surface area (Å²) in [5.41, 5.74) is 7.44. The molecule has 1 heterocycles. The molecule has 0 fully saturated rings. The standard InChI is InChI=1S/C16H14FNO2/c17-13-4-6-14(7-5-13)19-10-15-8-11-2-1-3-12(9-18)16(11)20-15/h1-8H,9-10,18H2. The van der Waals surface area contributed by atoms with Gasteiger partial charge < -0.3 is 14.9 Å². The lowest BCUT2D eigenvalue weighted by Crippen LogP contribution is -1.95. The van der Waals surface area contributed by atoms with Crippen molar-refractivity contribution in [3.8, 4) is 5.75 Å². The van der Waals surface area contributed by atoms with E-state index < -0.39 is 0 Å². The summed E-state index contributed by atoms with van der Waals surface area (Å²) < 4.78 is 24.1. The minimum atomic E-state index is -0.284. The molecule has 0 bridgehead atoms. The van der Waals surface area contributed by atoms with Crippen LogP contribution in [0.25, 0.3) is 11.0 Å². The largest absolute Gasteiger partial charge is 0.486 e. The lowest BCUT2D eigenvalue weighted by molar-refractivity contribution is 0.274. The summed E-state index contributed by atoms with van der Waals surface area (Å²) in [6.07, 6.45) is 0. The van der Waals surface area contributed by atoms with Gasteiger partial charge >= 0.3 is 0 Å². The third-order valence-electron chi connectivity index (χ3n) is 3.09. The normalized spacial score (nSPS) is 10.9. The fourth-order valence-corrected chi connectivity index (χ4v) is 2.09. The maximum atomic E-state index is 12.8. The topological polar surface area (TPSA) is 48.4 Å². The van der Waals surface area contributed by atoms with Gasteiger partial charge in [0.05, 0.1) is 0 Å². The Labute approximate surface area is 115 Å². The Kier molecular flexibility index (Phi) is 3.39. The van der Waals surface area contributed by atoms with Gasteiger partial charge in [0.15, 0.2) is 0 Å². The zero-order chi connectivity index (χ0) is 13.9. The first kappa shape index (κ1) is 12.7. The van der Waals surface area contributed by atoms with E-state index in [4.69, 9.17) is 14.9 Å². The number of ether oxygens (including phenoxy) is 1. The number of para-hydroxylation sites is 1. The molecule has 0 aliphatic rings. The number of nitrogens with two attached hydrogens (primary N) is 1. The predicted molar refractivity (Wildman–Crippen MR) is 74.8 cm³/mol. The third-order valence-corrected chi connectivity index (χ3v) is 3.09. The molecule has 2 aromatic carbocycles. The fraction of sp³-hybridized carbons (Fsp3) is 0.125. The van der Waals surface area contributed by atoms with E-state index in [-0.39, 0.29) is 5.82 Å². The molecule has 0 unspecified atom stereocenters. The number of hydrogen-bond donors (Lipinski definition) is 1. The third kappa shape index (κ3) is 2.51. The van der Waals surface area contributed by atoms with E-state index in [0.717, 1.165) is 16.5 Å². The molecule has 0 saturated heterocycles. The maximum absolute atomic E-state index is 12.8. The Bertz CT molecular complexity index is 719. The minimum Gasteiger partial charge on any atom is -0.486 e.